The number of fused-ring (bicyclic) bond motifs is 4. The van der Waals surface area contributed by atoms with Crippen molar-refractivity contribution in [1.29, 1.82) is 0 Å². The number of pyridine rings is 1. The Morgan fingerprint density at radius 2 is 0.968 bits per heavy atom. The summed E-state index contributed by atoms with van der Waals surface area (Å²) in [6.45, 7) is 16.8. The first-order valence-electron chi connectivity index (χ1n) is 22.1. The molecular formula is C58H54N4O. The Balaban J connectivity index is 1.07. The van der Waals surface area contributed by atoms with Crippen molar-refractivity contribution in [3.63, 3.8) is 0 Å². The van der Waals surface area contributed by atoms with Crippen molar-refractivity contribution >= 4 is 44.6 Å². The highest BCUT2D eigenvalue weighted by Gasteiger charge is 2.34. The number of benzene rings is 7. The number of aromatic nitrogens is 2. The second-order valence-electron chi connectivity index (χ2n) is 19.0. The van der Waals surface area contributed by atoms with Gasteiger partial charge < -0.3 is 14.5 Å². The molecule has 0 atom stereocenters. The number of anilines is 4. The van der Waals surface area contributed by atoms with Crippen LogP contribution in [0.15, 0.2) is 188 Å². The Kier molecular flexibility index (Phi) is 9.75. The van der Waals surface area contributed by atoms with Crippen LogP contribution in [0.2, 0.25) is 0 Å². The molecule has 0 bridgehead atoms. The van der Waals surface area contributed by atoms with E-state index in [9.17, 15) is 0 Å². The molecule has 0 radical (unpaired) electrons. The highest BCUT2D eigenvalue weighted by molar-refractivity contribution is 6.09. The van der Waals surface area contributed by atoms with Crippen LogP contribution in [-0.4, -0.2) is 16.2 Å². The van der Waals surface area contributed by atoms with Crippen LogP contribution in [0, 0.1) is 0 Å². The van der Waals surface area contributed by atoms with Crippen LogP contribution in [0.5, 0.6) is 11.5 Å². The molecule has 0 N–H and O–H groups in total. The lowest BCUT2D eigenvalue weighted by atomic mass is 9.73. The molecule has 0 spiro atoms. The highest BCUT2D eigenvalue weighted by Crippen LogP contribution is 2.48. The third kappa shape index (κ3) is 7.21. The monoisotopic (exact) mass is 822 g/mol. The van der Waals surface area contributed by atoms with E-state index in [1.165, 1.54) is 44.6 Å². The molecule has 0 amide bonds. The molecule has 0 fully saturated rings. The van der Waals surface area contributed by atoms with Gasteiger partial charge in [-0.3, -0.25) is 4.57 Å². The maximum Gasteiger partial charge on any atom is 0.137 e. The van der Waals surface area contributed by atoms with Crippen molar-refractivity contribution in [2.45, 2.75) is 64.7 Å². The molecule has 0 unspecified atom stereocenters. The van der Waals surface area contributed by atoms with Crippen molar-refractivity contribution in [2.75, 3.05) is 16.5 Å². The third-order valence-corrected chi connectivity index (χ3v) is 13.2. The zero-order valence-electron chi connectivity index (χ0n) is 37.3. The number of hydrogen-bond donors (Lipinski definition) is 0. The Bertz CT molecular complexity index is 3040. The molecule has 5 nitrogen and oxygen atoms in total. The molecule has 1 aliphatic rings. The van der Waals surface area contributed by atoms with Gasteiger partial charge in [-0.2, -0.15) is 0 Å². The average molecular weight is 823 g/mol. The smallest absolute Gasteiger partial charge is 0.137 e. The average Bonchev–Trinajstić information content (AvgIpc) is 3.85. The van der Waals surface area contributed by atoms with E-state index in [2.05, 4.69) is 233 Å². The van der Waals surface area contributed by atoms with Gasteiger partial charge in [0.25, 0.3) is 0 Å². The summed E-state index contributed by atoms with van der Waals surface area (Å²) in [5, 5.41) is 2.34. The van der Waals surface area contributed by atoms with Crippen molar-refractivity contribution < 1.29 is 4.74 Å². The van der Waals surface area contributed by atoms with E-state index in [0.29, 0.717) is 6.67 Å². The zero-order valence-corrected chi connectivity index (χ0v) is 37.3. The lowest BCUT2D eigenvalue weighted by Gasteiger charge is -2.33. The van der Waals surface area contributed by atoms with Gasteiger partial charge in [0.05, 0.1) is 22.4 Å². The normalized spacial score (nSPS) is 13.2. The van der Waals surface area contributed by atoms with Crippen LogP contribution in [0.1, 0.15) is 76.3 Å². The van der Waals surface area contributed by atoms with E-state index in [1.54, 1.807) is 0 Å². The van der Waals surface area contributed by atoms with Gasteiger partial charge in [-0.15, -0.1) is 0 Å². The van der Waals surface area contributed by atoms with Crippen LogP contribution in [0.25, 0.3) is 27.6 Å². The van der Waals surface area contributed by atoms with E-state index in [1.807, 2.05) is 18.3 Å². The number of para-hydroxylation sites is 3. The van der Waals surface area contributed by atoms with Gasteiger partial charge >= 0.3 is 0 Å². The van der Waals surface area contributed by atoms with Crippen LogP contribution in [0.3, 0.4) is 0 Å². The summed E-state index contributed by atoms with van der Waals surface area (Å²) in [6.07, 6.45) is 1.85. The lowest BCUT2D eigenvalue weighted by Crippen LogP contribution is -2.27. The molecule has 0 saturated heterocycles. The van der Waals surface area contributed by atoms with Crippen LogP contribution < -0.4 is 14.5 Å². The number of hydrogen-bond acceptors (Lipinski definition) is 4. The molecule has 63 heavy (non-hydrogen) atoms. The van der Waals surface area contributed by atoms with Crippen LogP contribution in [0.4, 0.5) is 22.7 Å². The molecule has 3 heterocycles. The van der Waals surface area contributed by atoms with Crippen molar-refractivity contribution in [3.05, 3.63) is 216 Å². The van der Waals surface area contributed by atoms with Gasteiger partial charge in [0.15, 0.2) is 0 Å². The van der Waals surface area contributed by atoms with Gasteiger partial charge in [0.2, 0.25) is 0 Å². The fourth-order valence-electron chi connectivity index (χ4n) is 9.30. The van der Waals surface area contributed by atoms with Crippen molar-refractivity contribution in [3.8, 4) is 17.3 Å². The second kappa shape index (κ2) is 15.4. The minimum Gasteiger partial charge on any atom is -0.457 e. The summed E-state index contributed by atoms with van der Waals surface area (Å²) in [4.78, 5) is 9.68. The molecule has 1 aliphatic heterocycles. The first kappa shape index (κ1) is 40.0. The summed E-state index contributed by atoms with van der Waals surface area (Å²) in [5.74, 6) is 2.45. The predicted octanol–water partition coefficient (Wildman–Crippen LogP) is 15.2. The van der Waals surface area contributed by atoms with E-state index < -0.39 is 0 Å². The molecule has 9 aromatic rings. The predicted molar refractivity (Wildman–Crippen MR) is 263 cm³/mol. The number of ether oxygens (including phenoxy) is 1. The quantitative estimate of drug-likeness (QED) is 0.145. The molecule has 7 aromatic carbocycles. The Morgan fingerprint density at radius 3 is 1.57 bits per heavy atom. The minimum atomic E-state index is -0.236. The van der Waals surface area contributed by atoms with Gasteiger partial charge in [-0.25, -0.2) is 4.98 Å². The fourth-order valence-corrected chi connectivity index (χ4v) is 9.30. The summed E-state index contributed by atoms with van der Waals surface area (Å²) in [5.41, 5.74) is 12.5. The van der Waals surface area contributed by atoms with Crippen molar-refractivity contribution in [2.24, 2.45) is 0 Å². The molecule has 10 rings (SSSR count). The van der Waals surface area contributed by atoms with Gasteiger partial charge in [0, 0.05) is 51.3 Å². The second-order valence-corrected chi connectivity index (χ2v) is 19.0. The van der Waals surface area contributed by atoms with E-state index in [0.717, 1.165) is 45.1 Å². The molecular weight excluding hydrogens is 769 g/mol. The first-order valence-corrected chi connectivity index (χ1v) is 22.1. The highest BCUT2D eigenvalue weighted by atomic mass is 16.5. The Labute approximate surface area is 371 Å². The van der Waals surface area contributed by atoms with Crippen molar-refractivity contribution in [1.82, 2.24) is 9.55 Å². The Morgan fingerprint density at radius 1 is 0.429 bits per heavy atom. The first-order chi connectivity index (χ1) is 30.4. The molecule has 312 valence electrons. The molecule has 2 aromatic heterocycles. The molecule has 5 heteroatoms. The zero-order chi connectivity index (χ0) is 43.5. The number of rotatable bonds is 9. The largest absolute Gasteiger partial charge is 0.457 e. The maximum absolute atomic E-state index is 6.93. The topological polar surface area (TPSA) is 33.5 Å². The summed E-state index contributed by atoms with van der Waals surface area (Å²) < 4.78 is 9.15. The Hall–Kier alpha value is -7.11. The minimum absolute atomic E-state index is 0.127. The van der Waals surface area contributed by atoms with Crippen LogP contribution in [-0.2, 0) is 16.2 Å². The number of nitrogens with zero attached hydrogens (tertiary/aromatic N) is 4. The standard InChI is InChI=1S/C58H54N4O/c1-56(2,3)42-33-46(37-48(36-42)63-47-29-30-50-49-24-14-15-25-51(49)62(54(50)38-47)55-28-18-19-31-59-55)61-39-60(52-26-16-17-27-53(52)61)45-34-43(57(4,5)40-20-10-8-11-21-40)32-44(35-45)58(6,7)41-22-12-9-13-23-41/h8-38H,39H2,1-7H3. The summed E-state index contributed by atoms with van der Waals surface area (Å²) in [6, 6.07) is 65.6. The van der Waals surface area contributed by atoms with E-state index in [4.69, 9.17) is 9.72 Å². The van der Waals surface area contributed by atoms with Crippen LogP contribution >= 0.6 is 0 Å². The third-order valence-electron chi connectivity index (χ3n) is 13.2. The lowest BCUT2D eigenvalue weighted by molar-refractivity contribution is 0.479. The van der Waals surface area contributed by atoms with Gasteiger partial charge in [-0.1, -0.05) is 152 Å². The maximum atomic E-state index is 6.93. The molecule has 0 saturated carbocycles. The molecule has 0 aliphatic carbocycles. The summed E-state index contributed by atoms with van der Waals surface area (Å²) >= 11 is 0. The van der Waals surface area contributed by atoms with Gasteiger partial charge in [-0.05, 0) is 100.0 Å². The SMILES string of the molecule is CC(C)(C)c1cc(Oc2ccc3c4ccccc4n(-c4ccccn4)c3c2)cc(N2CN(c3cc(C(C)(C)c4ccccc4)cc(C(C)(C)c4ccccc4)c3)c3ccccc32)c1. The summed E-state index contributed by atoms with van der Waals surface area (Å²) in [7, 11) is 0. The van der Waals surface area contributed by atoms with E-state index >= 15 is 0 Å². The van der Waals surface area contributed by atoms with E-state index in [-0.39, 0.29) is 16.2 Å². The van der Waals surface area contributed by atoms with Gasteiger partial charge in [0.1, 0.15) is 24.0 Å². The fraction of sp³-hybridized carbons (Fsp3) is 0.190.